The SMILES string of the molecule is O=C1[C@H](Br)CCC[C@@H]1c1ccccc1. The largest absolute Gasteiger partial charge is 0.298 e. The maximum absolute atomic E-state index is 11.9. The van der Waals surface area contributed by atoms with Crippen LogP contribution in [0.25, 0.3) is 0 Å². The van der Waals surface area contributed by atoms with Crippen LogP contribution < -0.4 is 0 Å². The summed E-state index contributed by atoms with van der Waals surface area (Å²) in [5.41, 5.74) is 1.17. The van der Waals surface area contributed by atoms with Gasteiger partial charge in [0.05, 0.1) is 4.83 Å². The van der Waals surface area contributed by atoms with E-state index in [0.717, 1.165) is 19.3 Å². The van der Waals surface area contributed by atoms with Crippen LogP contribution >= 0.6 is 15.9 Å². The molecule has 1 nitrogen and oxygen atoms in total. The highest BCUT2D eigenvalue weighted by Gasteiger charge is 2.29. The number of carbonyl (C=O) groups excluding carboxylic acids is 1. The minimum atomic E-state index is 0.0708. The Morgan fingerprint density at radius 3 is 2.57 bits per heavy atom. The van der Waals surface area contributed by atoms with Gasteiger partial charge in [0.25, 0.3) is 0 Å². The molecule has 2 rings (SSSR count). The number of rotatable bonds is 1. The molecule has 74 valence electrons. The van der Waals surface area contributed by atoms with E-state index in [9.17, 15) is 4.79 Å². The van der Waals surface area contributed by atoms with Crippen LogP contribution in [0.5, 0.6) is 0 Å². The molecule has 1 aliphatic rings. The highest BCUT2D eigenvalue weighted by Crippen LogP contribution is 2.32. The quantitative estimate of drug-likeness (QED) is 0.702. The zero-order valence-electron chi connectivity index (χ0n) is 7.95. The molecular formula is C12H13BrO. The van der Waals surface area contributed by atoms with Crippen molar-refractivity contribution in [2.45, 2.75) is 30.0 Å². The van der Waals surface area contributed by atoms with Gasteiger partial charge in [-0.05, 0) is 18.4 Å². The van der Waals surface area contributed by atoms with Gasteiger partial charge in [-0.15, -0.1) is 0 Å². The second-order valence-corrected chi connectivity index (χ2v) is 4.87. The van der Waals surface area contributed by atoms with Gasteiger partial charge in [-0.25, -0.2) is 0 Å². The van der Waals surface area contributed by atoms with Crippen molar-refractivity contribution in [2.75, 3.05) is 0 Å². The number of benzene rings is 1. The molecule has 1 aromatic rings. The van der Waals surface area contributed by atoms with E-state index in [0.29, 0.717) is 5.78 Å². The molecule has 1 fully saturated rings. The van der Waals surface area contributed by atoms with Crippen LogP contribution in [0.2, 0.25) is 0 Å². The van der Waals surface area contributed by atoms with Crippen molar-refractivity contribution in [2.24, 2.45) is 0 Å². The third-order valence-electron chi connectivity index (χ3n) is 2.80. The molecule has 1 aromatic carbocycles. The van der Waals surface area contributed by atoms with E-state index in [1.807, 2.05) is 30.3 Å². The molecule has 2 heteroatoms. The van der Waals surface area contributed by atoms with E-state index >= 15 is 0 Å². The Kier molecular flexibility index (Phi) is 3.02. The summed E-state index contributed by atoms with van der Waals surface area (Å²) in [5.74, 6) is 0.469. The van der Waals surface area contributed by atoms with Gasteiger partial charge in [0.2, 0.25) is 0 Å². The summed E-state index contributed by atoms with van der Waals surface area (Å²) in [5, 5.41) is 0. The Morgan fingerprint density at radius 2 is 1.86 bits per heavy atom. The van der Waals surface area contributed by atoms with Gasteiger partial charge >= 0.3 is 0 Å². The molecule has 0 aliphatic heterocycles. The minimum absolute atomic E-state index is 0.0708. The van der Waals surface area contributed by atoms with E-state index in [2.05, 4.69) is 15.9 Å². The van der Waals surface area contributed by atoms with E-state index < -0.39 is 0 Å². The van der Waals surface area contributed by atoms with Crippen molar-refractivity contribution in [1.29, 1.82) is 0 Å². The van der Waals surface area contributed by atoms with E-state index in [-0.39, 0.29) is 10.7 Å². The monoisotopic (exact) mass is 252 g/mol. The first-order chi connectivity index (χ1) is 6.79. The van der Waals surface area contributed by atoms with E-state index in [4.69, 9.17) is 0 Å². The van der Waals surface area contributed by atoms with Crippen LogP contribution in [-0.2, 0) is 4.79 Å². The number of hydrogen-bond donors (Lipinski definition) is 0. The summed E-state index contributed by atoms with van der Waals surface area (Å²) >= 11 is 3.44. The fraction of sp³-hybridized carbons (Fsp3) is 0.417. The predicted molar refractivity (Wildman–Crippen MR) is 60.8 cm³/mol. The van der Waals surface area contributed by atoms with Gasteiger partial charge < -0.3 is 0 Å². The summed E-state index contributed by atoms with van der Waals surface area (Å²) in [4.78, 5) is 11.9. The molecule has 0 amide bonds. The lowest BCUT2D eigenvalue weighted by Crippen LogP contribution is -2.26. The number of carbonyl (C=O) groups is 1. The van der Waals surface area contributed by atoms with Crippen molar-refractivity contribution in [1.82, 2.24) is 0 Å². The zero-order valence-corrected chi connectivity index (χ0v) is 9.53. The van der Waals surface area contributed by atoms with Crippen LogP contribution in [0.15, 0.2) is 30.3 Å². The number of halogens is 1. The summed E-state index contributed by atoms with van der Waals surface area (Å²) < 4.78 is 0. The molecule has 0 aromatic heterocycles. The van der Waals surface area contributed by atoms with Gasteiger partial charge in [0.15, 0.2) is 5.78 Å². The fourth-order valence-electron chi connectivity index (χ4n) is 2.02. The third kappa shape index (κ3) is 1.90. The van der Waals surface area contributed by atoms with Crippen molar-refractivity contribution in [3.8, 4) is 0 Å². The van der Waals surface area contributed by atoms with E-state index in [1.165, 1.54) is 5.56 Å². The lowest BCUT2D eigenvalue weighted by atomic mass is 9.83. The Labute approximate surface area is 92.6 Å². The first-order valence-corrected chi connectivity index (χ1v) is 5.93. The number of Topliss-reactive ketones (excluding diaryl/α,β-unsaturated/α-hetero) is 1. The molecule has 0 N–H and O–H groups in total. The molecule has 1 saturated carbocycles. The maximum Gasteiger partial charge on any atom is 0.153 e. The van der Waals surface area contributed by atoms with Crippen LogP contribution in [0.3, 0.4) is 0 Å². The first-order valence-electron chi connectivity index (χ1n) is 5.02. The first kappa shape index (κ1) is 9.91. The number of hydrogen-bond acceptors (Lipinski definition) is 1. The molecular weight excluding hydrogens is 240 g/mol. The second kappa shape index (κ2) is 4.26. The maximum atomic E-state index is 11.9. The minimum Gasteiger partial charge on any atom is -0.298 e. The molecule has 2 atom stereocenters. The molecule has 0 spiro atoms. The predicted octanol–water partition coefficient (Wildman–Crippen LogP) is 3.29. The highest BCUT2D eigenvalue weighted by atomic mass is 79.9. The lowest BCUT2D eigenvalue weighted by molar-refractivity contribution is -0.121. The highest BCUT2D eigenvalue weighted by molar-refractivity contribution is 9.10. The Morgan fingerprint density at radius 1 is 1.14 bits per heavy atom. The van der Waals surface area contributed by atoms with Gasteiger partial charge in [0, 0.05) is 5.92 Å². The normalized spacial score (nSPS) is 27.6. The molecule has 1 aliphatic carbocycles. The second-order valence-electron chi connectivity index (χ2n) is 3.76. The van der Waals surface area contributed by atoms with Crippen molar-refractivity contribution in [3.63, 3.8) is 0 Å². The Bertz CT molecular complexity index is 320. The van der Waals surface area contributed by atoms with Gasteiger partial charge in [-0.2, -0.15) is 0 Å². The Balaban J connectivity index is 2.22. The van der Waals surface area contributed by atoms with Crippen LogP contribution in [0, 0.1) is 0 Å². The average molecular weight is 253 g/mol. The number of alkyl halides is 1. The van der Waals surface area contributed by atoms with E-state index in [1.54, 1.807) is 0 Å². The smallest absolute Gasteiger partial charge is 0.153 e. The molecule has 0 saturated heterocycles. The summed E-state index contributed by atoms with van der Waals surface area (Å²) in [6, 6.07) is 10.1. The molecule has 0 heterocycles. The zero-order chi connectivity index (χ0) is 9.97. The summed E-state index contributed by atoms with van der Waals surface area (Å²) in [7, 11) is 0. The van der Waals surface area contributed by atoms with Crippen molar-refractivity contribution in [3.05, 3.63) is 35.9 Å². The summed E-state index contributed by atoms with van der Waals surface area (Å²) in [6.45, 7) is 0. The van der Waals surface area contributed by atoms with Gasteiger partial charge in [0.1, 0.15) is 0 Å². The van der Waals surface area contributed by atoms with Crippen molar-refractivity contribution < 1.29 is 4.79 Å². The summed E-state index contributed by atoms with van der Waals surface area (Å²) in [6.07, 6.45) is 3.13. The Hall–Kier alpha value is -0.630. The van der Waals surface area contributed by atoms with Gasteiger partial charge in [-0.3, -0.25) is 4.79 Å². The van der Waals surface area contributed by atoms with Crippen LogP contribution in [-0.4, -0.2) is 10.6 Å². The molecule has 0 unspecified atom stereocenters. The lowest BCUT2D eigenvalue weighted by Gasteiger charge is -2.24. The fourth-order valence-corrected chi connectivity index (χ4v) is 2.66. The molecule has 0 radical (unpaired) electrons. The van der Waals surface area contributed by atoms with Crippen LogP contribution in [0.4, 0.5) is 0 Å². The average Bonchev–Trinajstić information content (AvgIpc) is 2.23. The molecule has 14 heavy (non-hydrogen) atoms. The third-order valence-corrected chi connectivity index (χ3v) is 3.71. The number of ketones is 1. The van der Waals surface area contributed by atoms with Crippen molar-refractivity contribution >= 4 is 21.7 Å². The van der Waals surface area contributed by atoms with Crippen LogP contribution in [0.1, 0.15) is 30.7 Å². The standard InChI is InChI=1S/C12H13BrO/c13-11-8-4-7-10(12(11)14)9-5-2-1-3-6-9/h1-3,5-6,10-11H,4,7-8H2/t10-,11-/m1/s1. The molecule has 0 bridgehead atoms. The topological polar surface area (TPSA) is 17.1 Å². The van der Waals surface area contributed by atoms with Gasteiger partial charge in [-0.1, -0.05) is 52.7 Å².